The molecule has 0 fully saturated rings. The van der Waals surface area contributed by atoms with E-state index >= 15 is 0 Å². The van der Waals surface area contributed by atoms with Crippen LogP contribution >= 0.6 is 22.9 Å². The van der Waals surface area contributed by atoms with Crippen LogP contribution < -0.4 is 15.4 Å². The molecule has 3 aromatic rings. The molecule has 0 saturated carbocycles. The lowest BCUT2D eigenvalue weighted by atomic mass is 10.1. The molecule has 0 atom stereocenters. The highest BCUT2D eigenvalue weighted by molar-refractivity contribution is 7.13. The van der Waals surface area contributed by atoms with Crippen LogP contribution in [0.5, 0.6) is 5.75 Å². The van der Waals surface area contributed by atoms with Crippen LogP contribution in [-0.2, 0) is 0 Å². The van der Waals surface area contributed by atoms with Gasteiger partial charge in [0.15, 0.2) is 5.13 Å². The molecule has 6 nitrogen and oxygen atoms in total. The van der Waals surface area contributed by atoms with Gasteiger partial charge in [0.25, 0.3) is 11.8 Å². The second kappa shape index (κ2) is 7.99. The average Bonchev–Trinajstić information content (AvgIpc) is 3.14. The summed E-state index contributed by atoms with van der Waals surface area (Å²) in [5.41, 5.74) is 1.23. The number of amides is 2. The molecular weight excluding hydrogens is 374 g/mol. The third-order valence-electron chi connectivity index (χ3n) is 3.44. The molecule has 2 amide bonds. The predicted octanol–water partition coefficient (Wildman–Crippen LogP) is 4.31. The van der Waals surface area contributed by atoms with E-state index in [4.69, 9.17) is 16.3 Å². The van der Waals surface area contributed by atoms with Gasteiger partial charge in [0.1, 0.15) is 5.75 Å². The van der Waals surface area contributed by atoms with Crippen molar-refractivity contribution in [1.29, 1.82) is 0 Å². The quantitative estimate of drug-likeness (QED) is 0.683. The maximum absolute atomic E-state index is 12.5. The van der Waals surface area contributed by atoms with Crippen molar-refractivity contribution in [3.63, 3.8) is 0 Å². The smallest absolute Gasteiger partial charge is 0.259 e. The Morgan fingerprint density at radius 2 is 1.96 bits per heavy atom. The minimum atomic E-state index is -0.365. The van der Waals surface area contributed by atoms with E-state index in [9.17, 15) is 9.59 Å². The fourth-order valence-electron chi connectivity index (χ4n) is 2.24. The summed E-state index contributed by atoms with van der Waals surface area (Å²) in [5.74, 6) is -0.302. The van der Waals surface area contributed by atoms with E-state index in [0.717, 1.165) is 0 Å². The van der Waals surface area contributed by atoms with Crippen LogP contribution in [0.1, 0.15) is 20.7 Å². The van der Waals surface area contributed by atoms with Gasteiger partial charge >= 0.3 is 0 Å². The minimum Gasteiger partial charge on any atom is -0.496 e. The molecule has 0 bridgehead atoms. The number of thiazole rings is 1. The largest absolute Gasteiger partial charge is 0.496 e. The summed E-state index contributed by atoms with van der Waals surface area (Å²) in [6.07, 6.45) is 1.61. The van der Waals surface area contributed by atoms with Crippen LogP contribution in [0.4, 0.5) is 10.8 Å². The second-order valence-corrected chi connectivity index (χ2v) is 6.50. The third kappa shape index (κ3) is 4.19. The van der Waals surface area contributed by atoms with Gasteiger partial charge in [-0.1, -0.05) is 17.7 Å². The highest BCUT2D eigenvalue weighted by atomic mass is 35.5. The van der Waals surface area contributed by atoms with Crippen molar-refractivity contribution in [1.82, 2.24) is 4.98 Å². The number of hydrogen-bond donors (Lipinski definition) is 2. The number of aromatic nitrogens is 1. The normalized spacial score (nSPS) is 10.2. The van der Waals surface area contributed by atoms with Crippen molar-refractivity contribution in [2.75, 3.05) is 17.7 Å². The Hall–Kier alpha value is -2.90. The van der Waals surface area contributed by atoms with Crippen molar-refractivity contribution >= 4 is 45.6 Å². The van der Waals surface area contributed by atoms with Crippen molar-refractivity contribution in [3.8, 4) is 5.75 Å². The highest BCUT2D eigenvalue weighted by Gasteiger charge is 2.14. The minimum absolute atomic E-state index is 0.305. The molecule has 0 unspecified atom stereocenters. The van der Waals surface area contributed by atoms with Crippen molar-refractivity contribution in [2.24, 2.45) is 0 Å². The van der Waals surface area contributed by atoms with Crippen LogP contribution in [-0.4, -0.2) is 23.9 Å². The molecule has 0 saturated heterocycles. The number of nitrogens with one attached hydrogen (secondary N) is 2. The summed E-state index contributed by atoms with van der Waals surface area (Å²) < 4.78 is 5.19. The topological polar surface area (TPSA) is 80.3 Å². The lowest BCUT2D eigenvalue weighted by Crippen LogP contribution is -2.15. The number of nitrogens with zero attached hydrogens (tertiary/aromatic N) is 1. The van der Waals surface area contributed by atoms with Gasteiger partial charge in [0.2, 0.25) is 0 Å². The Bertz CT molecular complexity index is 945. The van der Waals surface area contributed by atoms with E-state index in [2.05, 4.69) is 15.6 Å². The molecule has 0 aliphatic heterocycles. The van der Waals surface area contributed by atoms with Gasteiger partial charge in [-0.2, -0.15) is 0 Å². The Balaban J connectivity index is 1.76. The third-order valence-corrected chi connectivity index (χ3v) is 4.37. The molecule has 2 aromatic carbocycles. The molecule has 0 spiro atoms. The summed E-state index contributed by atoms with van der Waals surface area (Å²) in [6.45, 7) is 0. The van der Waals surface area contributed by atoms with E-state index in [1.54, 1.807) is 54.0 Å². The van der Waals surface area contributed by atoms with Crippen LogP contribution in [0, 0.1) is 0 Å². The van der Waals surface area contributed by atoms with Crippen molar-refractivity contribution in [2.45, 2.75) is 0 Å². The van der Waals surface area contributed by atoms with Crippen molar-refractivity contribution < 1.29 is 14.3 Å². The number of halogens is 1. The van der Waals surface area contributed by atoms with Gasteiger partial charge in [-0.25, -0.2) is 4.98 Å². The zero-order valence-electron chi connectivity index (χ0n) is 13.7. The Labute approximate surface area is 158 Å². The van der Waals surface area contributed by atoms with E-state index < -0.39 is 0 Å². The maximum Gasteiger partial charge on any atom is 0.259 e. The van der Waals surface area contributed by atoms with E-state index in [-0.39, 0.29) is 11.8 Å². The van der Waals surface area contributed by atoms with Gasteiger partial charge in [0, 0.05) is 27.9 Å². The van der Waals surface area contributed by atoms with Crippen LogP contribution in [0.15, 0.2) is 54.0 Å². The number of carbonyl (C=O) groups is 2. The van der Waals surface area contributed by atoms with E-state index in [0.29, 0.717) is 32.7 Å². The zero-order valence-corrected chi connectivity index (χ0v) is 15.2. The monoisotopic (exact) mass is 387 g/mol. The molecule has 0 radical (unpaired) electrons. The van der Waals surface area contributed by atoms with Gasteiger partial charge in [-0.05, 0) is 36.4 Å². The molecule has 8 heteroatoms. The summed E-state index contributed by atoms with van der Waals surface area (Å²) in [5, 5.41) is 8.20. The van der Waals surface area contributed by atoms with Crippen LogP contribution in [0.25, 0.3) is 0 Å². The molecule has 0 aliphatic rings. The van der Waals surface area contributed by atoms with Gasteiger partial charge < -0.3 is 10.1 Å². The number of anilines is 2. The molecule has 1 heterocycles. The standard InChI is InChI=1S/C18H14ClN3O3S/c1-25-15-10-12(19)5-6-14(15)17(24)21-13-4-2-3-11(9-13)16(23)22-18-20-7-8-26-18/h2-10H,1H3,(H,21,24)(H,20,22,23). The van der Waals surface area contributed by atoms with E-state index in [1.807, 2.05) is 0 Å². The number of benzene rings is 2. The number of methoxy groups -OCH3 is 1. The average molecular weight is 388 g/mol. The number of rotatable bonds is 5. The summed E-state index contributed by atoms with van der Waals surface area (Å²) in [4.78, 5) is 28.8. The molecule has 2 N–H and O–H groups in total. The van der Waals surface area contributed by atoms with Gasteiger partial charge in [-0.3, -0.25) is 14.9 Å². The number of ether oxygens (including phenoxy) is 1. The highest BCUT2D eigenvalue weighted by Crippen LogP contribution is 2.24. The second-order valence-electron chi connectivity index (χ2n) is 5.17. The Kier molecular flexibility index (Phi) is 5.50. The molecule has 3 rings (SSSR count). The summed E-state index contributed by atoms with van der Waals surface area (Å²) in [7, 11) is 1.46. The lowest BCUT2D eigenvalue weighted by molar-refractivity contribution is 0.101. The Morgan fingerprint density at radius 3 is 2.69 bits per heavy atom. The molecule has 1 aromatic heterocycles. The molecule has 0 aliphatic carbocycles. The lowest BCUT2D eigenvalue weighted by Gasteiger charge is -2.10. The molecular formula is C18H14ClN3O3S. The zero-order chi connectivity index (χ0) is 18.5. The fraction of sp³-hybridized carbons (Fsp3) is 0.0556. The first-order valence-corrected chi connectivity index (χ1v) is 8.78. The summed E-state index contributed by atoms with van der Waals surface area (Å²) in [6, 6.07) is 11.4. The van der Waals surface area contributed by atoms with Gasteiger partial charge in [0.05, 0.1) is 12.7 Å². The van der Waals surface area contributed by atoms with Crippen LogP contribution in [0.2, 0.25) is 5.02 Å². The van der Waals surface area contributed by atoms with Gasteiger partial charge in [-0.15, -0.1) is 11.3 Å². The molecule has 26 heavy (non-hydrogen) atoms. The maximum atomic E-state index is 12.5. The summed E-state index contributed by atoms with van der Waals surface area (Å²) >= 11 is 7.24. The first kappa shape index (κ1) is 17.9. The fourth-order valence-corrected chi connectivity index (χ4v) is 2.93. The first-order chi connectivity index (χ1) is 12.6. The number of carbonyl (C=O) groups excluding carboxylic acids is 2. The van der Waals surface area contributed by atoms with Crippen molar-refractivity contribution in [3.05, 3.63) is 70.2 Å². The van der Waals surface area contributed by atoms with E-state index in [1.165, 1.54) is 18.4 Å². The SMILES string of the molecule is COc1cc(Cl)ccc1C(=O)Nc1cccc(C(=O)Nc2nccs2)c1. The number of hydrogen-bond acceptors (Lipinski definition) is 5. The Morgan fingerprint density at radius 1 is 1.12 bits per heavy atom. The van der Waals surface area contributed by atoms with Crippen LogP contribution in [0.3, 0.4) is 0 Å². The molecule has 132 valence electrons. The first-order valence-electron chi connectivity index (χ1n) is 7.52. The predicted molar refractivity (Wildman–Crippen MR) is 102 cm³/mol.